The molecule has 3 heterocycles. The van der Waals surface area contributed by atoms with Crippen LogP contribution in [0.15, 0.2) is 97.6 Å². The topological polar surface area (TPSA) is 206 Å². The van der Waals surface area contributed by atoms with E-state index in [0.29, 0.717) is 17.7 Å². The minimum absolute atomic E-state index is 0.0394. The molecule has 0 bridgehead atoms. The lowest BCUT2D eigenvalue weighted by atomic mass is 9.82. The Kier molecular flexibility index (Phi) is 17.7. The van der Waals surface area contributed by atoms with Gasteiger partial charge in [-0.05, 0) is 130 Å². The number of aliphatic hydroxyl groups is 4. The molecule has 24 heteroatoms. The number of hydrogen-bond acceptors (Lipinski definition) is 14. The second kappa shape index (κ2) is 22.9. The van der Waals surface area contributed by atoms with E-state index in [9.17, 15) is 56.4 Å². The molecule has 0 radical (unpaired) electrons. The van der Waals surface area contributed by atoms with Crippen molar-refractivity contribution < 1.29 is 84.6 Å². The number of aliphatic hydroxyl groups excluding tert-OH is 2. The first-order chi connectivity index (χ1) is 38.0. The Bertz CT molecular complexity index is 3310. The summed E-state index contributed by atoms with van der Waals surface area (Å²) in [5.41, 5.74) is -8.30. The van der Waals surface area contributed by atoms with Crippen molar-refractivity contribution in [3.63, 3.8) is 0 Å². The molecule has 6 aromatic rings. The van der Waals surface area contributed by atoms with E-state index < -0.39 is 71.1 Å². The molecule has 2 aliphatic carbocycles. The maximum atomic E-state index is 14.4. The highest BCUT2D eigenvalue weighted by atomic mass is 35.5. The molecule has 4 atom stereocenters. The molecular formula is C58H66BClF6N4O12. The van der Waals surface area contributed by atoms with E-state index in [0.717, 1.165) is 17.6 Å². The molecule has 1 saturated heterocycles. The fourth-order valence-electron chi connectivity index (χ4n) is 9.41. The van der Waals surface area contributed by atoms with E-state index in [4.69, 9.17) is 39.9 Å². The monoisotopic (exact) mass is 1170 g/mol. The van der Waals surface area contributed by atoms with E-state index in [-0.39, 0.29) is 86.8 Å². The Balaban J connectivity index is 0.000000185. The smallest absolute Gasteiger partial charge is 0.491 e. The average molecular weight is 1170 g/mol. The predicted molar refractivity (Wildman–Crippen MR) is 292 cm³/mol. The molecule has 0 unspecified atom stereocenters. The molecule has 16 nitrogen and oxygen atoms in total. The normalized spacial score (nSPS) is 19.3. The number of hydrogen-bond donors (Lipinski definition) is 4. The number of ether oxygens (including phenoxy) is 4. The van der Waals surface area contributed by atoms with Gasteiger partial charge in [-0.1, -0.05) is 60.1 Å². The molecular weight excluding hydrogens is 1100 g/mol. The van der Waals surface area contributed by atoms with Crippen LogP contribution < -0.4 is 14.9 Å². The average Bonchev–Trinajstić information content (AvgIpc) is 4.44. The van der Waals surface area contributed by atoms with Crippen molar-refractivity contribution in [2.45, 2.75) is 141 Å². The largest absolute Gasteiger partial charge is 0.498 e. The minimum Gasteiger partial charge on any atom is -0.491 e. The Hall–Kier alpha value is -6.47. The summed E-state index contributed by atoms with van der Waals surface area (Å²) in [6.07, 6.45) is -5.20. The number of rotatable bonds is 14. The number of esters is 2. The summed E-state index contributed by atoms with van der Waals surface area (Å²) in [6, 6.07) is 16.7. The standard InChI is InChI=1S/C26H27F3N2O5.C17H14ClF3O3.C15H25BN2O4/c1-5-35-23(33)24(3,4)31-13-16(12-30-31)19-10-17(36-14-15(2)32)11-21-22(19)18-8-6-7-9-20(18)25(21,34)26(27,28)29;1-9(22)8-24-10-6-13-15(14(18)7-10)11-4-2-3-5-12(11)16(13,23)17(19,20)21;1-8-20-12(19)13(2,3)18-10-11(9-17-18)16-21-14(4,5)15(6,7)22-16/h6-13,15,32,34H,5,14H2,1-4H3;2-7,9,22-23H,8H2,1H3;9-10H,8H2,1-7H3/t15-,25-;9-,16-;/m11./s1. The van der Waals surface area contributed by atoms with Gasteiger partial charge in [0, 0.05) is 57.4 Å². The van der Waals surface area contributed by atoms with Crippen LogP contribution in [0.5, 0.6) is 11.5 Å². The zero-order valence-electron chi connectivity index (χ0n) is 47.3. The third-order valence-corrected chi connectivity index (χ3v) is 14.9. The molecule has 442 valence electrons. The van der Waals surface area contributed by atoms with Crippen molar-refractivity contribution in [1.82, 2.24) is 19.6 Å². The van der Waals surface area contributed by atoms with Crippen LogP contribution in [0.2, 0.25) is 5.02 Å². The number of carbonyl (C=O) groups excluding carboxylic acids is 2. The number of alkyl halides is 6. The van der Waals surface area contributed by atoms with Crippen LogP contribution in [-0.2, 0) is 50.7 Å². The van der Waals surface area contributed by atoms with Crippen LogP contribution in [-0.4, -0.2) is 121 Å². The Morgan fingerprint density at radius 2 is 1.05 bits per heavy atom. The van der Waals surface area contributed by atoms with Gasteiger partial charge in [-0.3, -0.25) is 9.36 Å². The molecule has 1 fully saturated rings. The van der Waals surface area contributed by atoms with Crippen molar-refractivity contribution in [2.75, 3.05) is 26.4 Å². The Morgan fingerprint density at radius 3 is 1.50 bits per heavy atom. The number of aromatic nitrogens is 4. The zero-order chi connectivity index (χ0) is 60.9. The molecule has 4 aromatic carbocycles. The second-order valence-corrected chi connectivity index (χ2v) is 22.5. The lowest BCUT2D eigenvalue weighted by Crippen LogP contribution is -2.41. The van der Waals surface area contributed by atoms with Gasteiger partial charge in [0.25, 0.3) is 0 Å². The summed E-state index contributed by atoms with van der Waals surface area (Å²) >= 11 is 6.17. The fraction of sp³-hybridized carbons (Fsp3) is 0.448. The lowest BCUT2D eigenvalue weighted by molar-refractivity contribution is -0.247. The number of fused-ring (bicyclic) bond motifs is 6. The van der Waals surface area contributed by atoms with E-state index in [1.165, 1.54) is 67.2 Å². The van der Waals surface area contributed by atoms with Crippen molar-refractivity contribution in [3.05, 3.63) is 125 Å². The van der Waals surface area contributed by atoms with Gasteiger partial charge in [-0.25, -0.2) is 9.59 Å². The van der Waals surface area contributed by atoms with Gasteiger partial charge in [0.1, 0.15) is 24.7 Å². The summed E-state index contributed by atoms with van der Waals surface area (Å²) in [5, 5.41) is 49.3. The summed E-state index contributed by atoms with van der Waals surface area (Å²) in [7, 11) is -0.489. The highest BCUT2D eigenvalue weighted by Gasteiger charge is 2.63. The van der Waals surface area contributed by atoms with Gasteiger partial charge in [-0.2, -0.15) is 36.5 Å². The van der Waals surface area contributed by atoms with Crippen molar-refractivity contribution >= 4 is 36.1 Å². The Labute approximate surface area is 476 Å². The van der Waals surface area contributed by atoms with Crippen molar-refractivity contribution in [3.8, 4) is 44.9 Å². The van der Waals surface area contributed by atoms with E-state index in [1.54, 1.807) is 83.0 Å². The van der Waals surface area contributed by atoms with Crippen molar-refractivity contribution in [2.24, 2.45) is 0 Å². The van der Waals surface area contributed by atoms with Crippen LogP contribution in [0.25, 0.3) is 33.4 Å². The van der Waals surface area contributed by atoms with Gasteiger partial charge in [-0.15, -0.1) is 0 Å². The number of carbonyl (C=O) groups is 2. The number of nitrogens with zero attached hydrogens (tertiary/aromatic N) is 4. The van der Waals surface area contributed by atoms with Gasteiger partial charge in [0.15, 0.2) is 11.1 Å². The lowest BCUT2D eigenvalue weighted by Gasteiger charge is -2.32. The Morgan fingerprint density at radius 1 is 0.634 bits per heavy atom. The summed E-state index contributed by atoms with van der Waals surface area (Å²) in [6.45, 7) is 21.5. The van der Waals surface area contributed by atoms with E-state index in [1.807, 2.05) is 27.7 Å². The predicted octanol–water partition coefficient (Wildman–Crippen LogP) is 9.75. The summed E-state index contributed by atoms with van der Waals surface area (Å²) < 4.78 is 120. The molecule has 4 N–H and O–H groups in total. The number of halogens is 7. The van der Waals surface area contributed by atoms with Gasteiger partial charge in [0.2, 0.25) is 11.2 Å². The number of benzene rings is 4. The SMILES string of the molecule is CCOC(=O)C(C)(C)n1cc(-c2cc(OC[C@@H](C)O)cc3c2-c2ccccc2[C@]3(O)C(F)(F)F)cn1.CCOC(=O)C(C)(C)n1cc(B2OC(C)(C)C(C)(C)O2)cn1.C[C@@H](O)COc1cc(Cl)c2c(c1)[C@@](O)(C(F)(F)F)c1ccccc1-2. The summed E-state index contributed by atoms with van der Waals surface area (Å²) in [5.74, 6) is -0.748. The third kappa shape index (κ3) is 11.6. The molecule has 3 aliphatic rings. The molecule has 1 aliphatic heterocycles. The molecule has 0 saturated carbocycles. The molecule has 0 spiro atoms. The minimum atomic E-state index is -5.02. The first-order valence-electron chi connectivity index (χ1n) is 26.2. The zero-order valence-corrected chi connectivity index (χ0v) is 48.0. The van der Waals surface area contributed by atoms with E-state index in [2.05, 4.69) is 10.2 Å². The van der Waals surface area contributed by atoms with Crippen LogP contribution >= 0.6 is 11.6 Å². The van der Waals surface area contributed by atoms with Gasteiger partial charge in [0.05, 0.1) is 47.8 Å². The molecule has 0 amide bonds. The highest BCUT2D eigenvalue weighted by Crippen LogP contribution is 2.59. The second-order valence-electron chi connectivity index (χ2n) is 22.1. The van der Waals surface area contributed by atoms with Crippen molar-refractivity contribution in [1.29, 1.82) is 0 Å². The first kappa shape index (κ1) is 63.1. The molecule has 82 heavy (non-hydrogen) atoms. The fourth-order valence-corrected chi connectivity index (χ4v) is 9.72. The highest BCUT2D eigenvalue weighted by molar-refractivity contribution is 6.62. The summed E-state index contributed by atoms with van der Waals surface area (Å²) in [4.78, 5) is 24.5. The van der Waals surface area contributed by atoms with Crippen LogP contribution in [0, 0.1) is 0 Å². The van der Waals surface area contributed by atoms with Crippen LogP contribution in [0.4, 0.5) is 26.3 Å². The molecule has 2 aromatic heterocycles. The van der Waals surface area contributed by atoms with Crippen LogP contribution in [0.1, 0.15) is 105 Å². The molecule has 9 rings (SSSR count). The first-order valence-corrected chi connectivity index (χ1v) is 26.6. The maximum absolute atomic E-state index is 14.4. The quantitative estimate of drug-likeness (QED) is 0.0455. The van der Waals surface area contributed by atoms with E-state index >= 15 is 0 Å². The van der Waals surface area contributed by atoms with Crippen LogP contribution in [0.3, 0.4) is 0 Å². The third-order valence-electron chi connectivity index (χ3n) is 14.6. The maximum Gasteiger partial charge on any atom is 0.498 e. The van der Waals surface area contributed by atoms with Gasteiger partial charge < -0.3 is 48.7 Å². The van der Waals surface area contributed by atoms with Gasteiger partial charge >= 0.3 is 31.4 Å².